The summed E-state index contributed by atoms with van der Waals surface area (Å²) in [5.41, 5.74) is 7.79. The van der Waals surface area contributed by atoms with Crippen molar-refractivity contribution in [2.45, 2.75) is 12.3 Å². The maximum absolute atomic E-state index is 13.9. The van der Waals surface area contributed by atoms with Gasteiger partial charge in [0, 0.05) is 19.0 Å². The zero-order valence-corrected chi connectivity index (χ0v) is 13.8. The number of nitrogens with zero attached hydrogens (tertiary/aromatic N) is 1. The van der Waals surface area contributed by atoms with Crippen LogP contribution in [0.2, 0.25) is 0 Å². The van der Waals surface area contributed by atoms with E-state index in [-0.39, 0.29) is 17.5 Å². The van der Waals surface area contributed by atoms with Crippen molar-refractivity contribution < 1.29 is 9.13 Å². The molecule has 23 heavy (non-hydrogen) atoms. The summed E-state index contributed by atoms with van der Waals surface area (Å²) in [7, 11) is 4.10. The molecule has 2 rings (SSSR count). The van der Waals surface area contributed by atoms with E-state index in [4.69, 9.17) is 10.5 Å². The van der Waals surface area contributed by atoms with Gasteiger partial charge in [0.1, 0.15) is 6.61 Å². The summed E-state index contributed by atoms with van der Waals surface area (Å²) in [4.78, 5) is 2.15. The van der Waals surface area contributed by atoms with Crippen LogP contribution in [0.4, 0.5) is 4.39 Å². The highest BCUT2D eigenvalue weighted by atomic mass is 19.1. The average molecular weight is 316 g/mol. The minimum absolute atomic E-state index is 0.272. The predicted octanol–water partition coefficient (Wildman–Crippen LogP) is 3.05. The van der Waals surface area contributed by atoms with Crippen molar-refractivity contribution in [3.05, 3.63) is 65.5 Å². The van der Waals surface area contributed by atoms with Crippen LogP contribution < -0.4 is 10.5 Å². The molecule has 0 aromatic heterocycles. The molecule has 1 atom stereocenters. The SMILES string of the molecule is CN(C)CC(Cc1ccccc1)c1ccc(F)c(OCCN)c1. The van der Waals surface area contributed by atoms with Crippen LogP contribution in [-0.2, 0) is 6.42 Å². The molecule has 0 amide bonds. The van der Waals surface area contributed by atoms with Gasteiger partial charge >= 0.3 is 0 Å². The molecule has 2 aromatic carbocycles. The first kappa shape index (κ1) is 17.4. The number of likely N-dealkylation sites (N-methyl/N-ethyl adjacent to an activating group) is 1. The van der Waals surface area contributed by atoms with E-state index in [1.165, 1.54) is 11.6 Å². The summed E-state index contributed by atoms with van der Waals surface area (Å²) in [6, 6.07) is 15.5. The van der Waals surface area contributed by atoms with E-state index >= 15 is 0 Å². The zero-order chi connectivity index (χ0) is 16.7. The van der Waals surface area contributed by atoms with Crippen molar-refractivity contribution in [1.82, 2.24) is 4.90 Å². The zero-order valence-electron chi connectivity index (χ0n) is 13.8. The van der Waals surface area contributed by atoms with Crippen molar-refractivity contribution >= 4 is 0 Å². The van der Waals surface area contributed by atoms with Gasteiger partial charge in [0.05, 0.1) is 0 Å². The molecule has 4 heteroatoms. The number of rotatable bonds is 8. The average Bonchev–Trinajstić information content (AvgIpc) is 2.54. The van der Waals surface area contributed by atoms with E-state index in [9.17, 15) is 4.39 Å². The number of hydrogen-bond acceptors (Lipinski definition) is 3. The largest absolute Gasteiger partial charge is 0.489 e. The fourth-order valence-corrected chi connectivity index (χ4v) is 2.68. The van der Waals surface area contributed by atoms with Crippen molar-refractivity contribution in [3.63, 3.8) is 0 Å². The molecular weight excluding hydrogens is 291 g/mol. The van der Waals surface area contributed by atoms with Gasteiger partial charge in [0.2, 0.25) is 0 Å². The Kier molecular flexibility index (Phi) is 6.56. The lowest BCUT2D eigenvalue weighted by Gasteiger charge is -2.22. The minimum Gasteiger partial charge on any atom is -0.489 e. The van der Waals surface area contributed by atoms with Gasteiger partial charge in [-0.2, -0.15) is 0 Å². The Hall–Kier alpha value is -1.91. The second-order valence-electron chi connectivity index (χ2n) is 5.98. The molecule has 0 spiro atoms. The van der Waals surface area contributed by atoms with Crippen LogP contribution in [0.1, 0.15) is 17.0 Å². The number of halogens is 1. The lowest BCUT2D eigenvalue weighted by Crippen LogP contribution is -2.22. The number of hydrogen-bond donors (Lipinski definition) is 1. The third-order valence-electron chi connectivity index (χ3n) is 3.71. The highest BCUT2D eigenvalue weighted by Gasteiger charge is 2.16. The Labute approximate surface area is 137 Å². The molecule has 3 nitrogen and oxygen atoms in total. The maximum Gasteiger partial charge on any atom is 0.165 e. The van der Waals surface area contributed by atoms with Crippen molar-refractivity contribution in [2.24, 2.45) is 5.73 Å². The summed E-state index contributed by atoms with van der Waals surface area (Å²) in [5.74, 6) is 0.212. The Balaban J connectivity index is 2.24. The fourth-order valence-electron chi connectivity index (χ4n) is 2.68. The van der Waals surface area contributed by atoms with Crippen LogP contribution in [-0.4, -0.2) is 38.7 Å². The van der Waals surface area contributed by atoms with E-state index in [0.29, 0.717) is 13.2 Å². The van der Waals surface area contributed by atoms with E-state index in [1.807, 2.05) is 44.4 Å². The molecule has 0 saturated heterocycles. The van der Waals surface area contributed by atoms with Gasteiger partial charge in [0.25, 0.3) is 0 Å². The topological polar surface area (TPSA) is 38.5 Å². The quantitative estimate of drug-likeness (QED) is 0.813. The van der Waals surface area contributed by atoms with Crippen molar-refractivity contribution in [1.29, 1.82) is 0 Å². The molecule has 1 unspecified atom stereocenters. The number of ether oxygens (including phenoxy) is 1. The Bertz CT molecular complexity index is 602. The lowest BCUT2D eigenvalue weighted by atomic mass is 9.91. The van der Waals surface area contributed by atoms with Crippen molar-refractivity contribution in [3.8, 4) is 5.75 Å². The van der Waals surface area contributed by atoms with Gasteiger partial charge in [0.15, 0.2) is 11.6 Å². The van der Waals surface area contributed by atoms with Gasteiger partial charge in [-0.1, -0.05) is 36.4 Å². The maximum atomic E-state index is 13.9. The van der Waals surface area contributed by atoms with Gasteiger partial charge in [-0.05, 0) is 43.8 Å². The highest BCUT2D eigenvalue weighted by Crippen LogP contribution is 2.27. The summed E-state index contributed by atoms with van der Waals surface area (Å²) < 4.78 is 19.3. The van der Waals surface area contributed by atoms with E-state index in [2.05, 4.69) is 17.0 Å². The smallest absolute Gasteiger partial charge is 0.165 e. The first-order chi connectivity index (χ1) is 11.1. The number of nitrogens with two attached hydrogens (primary N) is 1. The van der Waals surface area contributed by atoms with Crippen LogP contribution in [0.15, 0.2) is 48.5 Å². The van der Waals surface area contributed by atoms with E-state index in [0.717, 1.165) is 18.5 Å². The Morgan fingerprint density at radius 3 is 2.52 bits per heavy atom. The fraction of sp³-hybridized carbons (Fsp3) is 0.368. The van der Waals surface area contributed by atoms with Crippen LogP contribution in [0, 0.1) is 5.82 Å². The third kappa shape index (κ3) is 5.34. The van der Waals surface area contributed by atoms with Gasteiger partial charge in [-0.25, -0.2) is 4.39 Å². The summed E-state index contributed by atoms with van der Waals surface area (Å²) >= 11 is 0. The second-order valence-corrected chi connectivity index (χ2v) is 5.98. The van der Waals surface area contributed by atoms with E-state index < -0.39 is 0 Å². The van der Waals surface area contributed by atoms with Crippen LogP contribution in [0.25, 0.3) is 0 Å². The molecule has 0 aliphatic carbocycles. The molecule has 2 N–H and O–H groups in total. The molecule has 0 fully saturated rings. The lowest BCUT2D eigenvalue weighted by molar-refractivity contribution is 0.309. The standard InChI is InChI=1S/C19H25FN2O/c1-22(2)14-17(12-15-6-4-3-5-7-15)16-8-9-18(20)19(13-16)23-11-10-21/h3-9,13,17H,10-12,14,21H2,1-2H3. The second kappa shape index (κ2) is 8.65. The Morgan fingerprint density at radius 2 is 1.87 bits per heavy atom. The minimum atomic E-state index is -0.342. The predicted molar refractivity (Wildman–Crippen MR) is 92.4 cm³/mol. The molecule has 2 aromatic rings. The third-order valence-corrected chi connectivity index (χ3v) is 3.71. The molecule has 0 bridgehead atoms. The van der Waals surface area contributed by atoms with Gasteiger partial charge in [-0.3, -0.25) is 0 Å². The van der Waals surface area contributed by atoms with Crippen LogP contribution in [0.3, 0.4) is 0 Å². The molecule has 0 aliphatic heterocycles. The molecular formula is C19H25FN2O. The first-order valence-corrected chi connectivity index (χ1v) is 7.91. The van der Waals surface area contributed by atoms with Gasteiger partial charge in [-0.15, -0.1) is 0 Å². The summed E-state index contributed by atoms with van der Waals surface area (Å²) in [6.45, 7) is 1.57. The van der Waals surface area contributed by atoms with Crippen molar-refractivity contribution in [2.75, 3.05) is 33.8 Å². The number of benzene rings is 2. The molecule has 0 aliphatic rings. The normalized spacial score (nSPS) is 12.4. The first-order valence-electron chi connectivity index (χ1n) is 7.91. The van der Waals surface area contributed by atoms with Gasteiger partial charge < -0.3 is 15.4 Å². The molecule has 0 heterocycles. The highest BCUT2D eigenvalue weighted by molar-refractivity contribution is 5.34. The molecule has 124 valence electrons. The molecule has 0 saturated carbocycles. The van der Waals surface area contributed by atoms with Crippen LogP contribution in [0.5, 0.6) is 5.75 Å². The Morgan fingerprint density at radius 1 is 1.13 bits per heavy atom. The summed E-state index contributed by atoms with van der Waals surface area (Å²) in [5, 5.41) is 0. The molecule has 0 radical (unpaired) electrons. The monoisotopic (exact) mass is 316 g/mol. The van der Waals surface area contributed by atoms with Crippen LogP contribution >= 0.6 is 0 Å². The van der Waals surface area contributed by atoms with E-state index in [1.54, 1.807) is 0 Å². The summed E-state index contributed by atoms with van der Waals surface area (Å²) in [6.07, 6.45) is 0.904.